The highest BCUT2D eigenvalue weighted by molar-refractivity contribution is 5.84. The fraction of sp³-hybridized carbons (Fsp3) is 0.611. The van der Waals surface area contributed by atoms with Gasteiger partial charge in [0.25, 0.3) is 0 Å². The number of amides is 1. The van der Waals surface area contributed by atoms with Crippen LogP contribution in [0.25, 0.3) is 0 Å². The predicted octanol–water partition coefficient (Wildman–Crippen LogP) is 3.79. The number of anilines is 1. The number of rotatable bonds is 7. The fourth-order valence-corrected chi connectivity index (χ4v) is 2.04. The molecule has 5 heteroatoms. The largest absolute Gasteiger partial charge is 0.444 e. The van der Waals surface area contributed by atoms with Gasteiger partial charge in [-0.2, -0.15) is 0 Å². The number of hydrogen-bond donors (Lipinski definition) is 2. The van der Waals surface area contributed by atoms with Crippen LogP contribution in [0.4, 0.5) is 10.5 Å². The normalized spacial score (nSPS) is 13.0. The maximum absolute atomic E-state index is 11.7. The molecule has 0 fully saturated rings. The van der Waals surface area contributed by atoms with Crippen LogP contribution in [0.2, 0.25) is 0 Å². The van der Waals surface area contributed by atoms with Gasteiger partial charge in [0.15, 0.2) is 0 Å². The molecule has 1 atom stereocenters. The van der Waals surface area contributed by atoms with Gasteiger partial charge >= 0.3 is 6.09 Å². The quantitative estimate of drug-likeness (QED) is 0.802. The Hall–Kier alpha value is -1.59. The molecule has 1 amide bonds. The van der Waals surface area contributed by atoms with Crippen molar-refractivity contribution in [2.24, 2.45) is 5.92 Å². The van der Waals surface area contributed by atoms with E-state index in [1.165, 1.54) is 0 Å². The molecular weight excluding hydrogens is 292 g/mol. The van der Waals surface area contributed by atoms with Crippen LogP contribution in [0.15, 0.2) is 24.3 Å². The summed E-state index contributed by atoms with van der Waals surface area (Å²) in [5, 5.41) is 6.22. The van der Waals surface area contributed by atoms with Gasteiger partial charge in [-0.3, -0.25) is 5.32 Å². The summed E-state index contributed by atoms with van der Waals surface area (Å²) in [4.78, 5) is 11.7. The topological polar surface area (TPSA) is 59.6 Å². The molecule has 5 nitrogen and oxygen atoms in total. The molecule has 1 aromatic carbocycles. The number of methoxy groups -OCH3 is 1. The fourth-order valence-electron chi connectivity index (χ4n) is 2.04. The van der Waals surface area contributed by atoms with Gasteiger partial charge in [0.1, 0.15) is 5.60 Å². The maximum atomic E-state index is 11.7. The summed E-state index contributed by atoms with van der Waals surface area (Å²) >= 11 is 0. The number of ether oxygens (including phenoxy) is 2. The second kappa shape index (κ2) is 8.89. The molecule has 0 heterocycles. The van der Waals surface area contributed by atoms with E-state index in [1.54, 1.807) is 7.11 Å². The average molecular weight is 322 g/mol. The zero-order chi connectivity index (χ0) is 17.5. The second-order valence-electron chi connectivity index (χ2n) is 7.01. The van der Waals surface area contributed by atoms with Crippen molar-refractivity contribution >= 4 is 11.8 Å². The monoisotopic (exact) mass is 322 g/mol. The molecule has 0 aliphatic rings. The lowest BCUT2D eigenvalue weighted by molar-refractivity contribution is 0.0636. The van der Waals surface area contributed by atoms with Crippen LogP contribution in [0, 0.1) is 5.92 Å². The van der Waals surface area contributed by atoms with Crippen molar-refractivity contribution in [3.63, 3.8) is 0 Å². The lowest BCUT2D eigenvalue weighted by atomic mass is 10.0. The van der Waals surface area contributed by atoms with Crippen molar-refractivity contribution in [2.45, 2.75) is 52.8 Å². The zero-order valence-electron chi connectivity index (χ0n) is 15.1. The Balaban J connectivity index is 2.51. The molecule has 0 bridgehead atoms. The Morgan fingerprint density at radius 1 is 1.17 bits per heavy atom. The van der Waals surface area contributed by atoms with E-state index in [9.17, 15) is 4.79 Å². The molecule has 0 aliphatic heterocycles. The number of hydrogen-bond acceptors (Lipinski definition) is 4. The summed E-state index contributed by atoms with van der Waals surface area (Å²) in [7, 11) is 1.72. The highest BCUT2D eigenvalue weighted by Crippen LogP contribution is 2.13. The van der Waals surface area contributed by atoms with E-state index in [4.69, 9.17) is 9.47 Å². The summed E-state index contributed by atoms with van der Waals surface area (Å²) in [5.41, 5.74) is 1.38. The van der Waals surface area contributed by atoms with Gasteiger partial charge in [-0.05, 0) is 44.4 Å². The Bertz CT molecular complexity index is 478. The van der Waals surface area contributed by atoms with E-state index in [0.717, 1.165) is 17.8 Å². The minimum absolute atomic E-state index is 0.319. The Kier molecular flexibility index (Phi) is 7.52. The van der Waals surface area contributed by atoms with Crippen LogP contribution < -0.4 is 10.6 Å². The van der Waals surface area contributed by atoms with Gasteiger partial charge in [-0.1, -0.05) is 26.0 Å². The van der Waals surface area contributed by atoms with Crippen molar-refractivity contribution in [3.05, 3.63) is 29.8 Å². The van der Waals surface area contributed by atoms with E-state index in [0.29, 0.717) is 18.6 Å². The lowest BCUT2D eigenvalue weighted by Gasteiger charge is -2.22. The second-order valence-corrected chi connectivity index (χ2v) is 7.01. The predicted molar refractivity (Wildman–Crippen MR) is 93.6 cm³/mol. The minimum Gasteiger partial charge on any atom is -0.444 e. The maximum Gasteiger partial charge on any atom is 0.412 e. The zero-order valence-corrected chi connectivity index (χ0v) is 15.1. The molecule has 1 rings (SSSR count). The van der Waals surface area contributed by atoms with Crippen molar-refractivity contribution in [3.8, 4) is 0 Å². The van der Waals surface area contributed by atoms with Crippen molar-refractivity contribution in [1.29, 1.82) is 0 Å². The molecule has 0 saturated heterocycles. The Morgan fingerprint density at radius 2 is 1.78 bits per heavy atom. The van der Waals surface area contributed by atoms with E-state index in [1.807, 2.05) is 45.0 Å². The van der Waals surface area contributed by atoms with Crippen LogP contribution in [0.5, 0.6) is 0 Å². The van der Waals surface area contributed by atoms with Gasteiger partial charge in [-0.25, -0.2) is 4.79 Å². The van der Waals surface area contributed by atoms with Crippen molar-refractivity contribution < 1.29 is 14.3 Å². The average Bonchev–Trinajstić information content (AvgIpc) is 2.42. The molecule has 0 aromatic heterocycles. The first-order valence-corrected chi connectivity index (χ1v) is 8.02. The van der Waals surface area contributed by atoms with Crippen LogP contribution in [0.1, 0.15) is 40.2 Å². The number of benzene rings is 1. The molecule has 1 aromatic rings. The smallest absolute Gasteiger partial charge is 0.412 e. The van der Waals surface area contributed by atoms with Crippen LogP contribution in [-0.4, -0.2) is 31.5 Å². The Morgan fingerprint density at radius 3 is 2.26 bits per heavy atom. The lowest BCUT2D eigenvalue weighted by Crippen LogP contribution is -2.37. The molecule has 0 radical (unpaired) electrons. The first-order chi connectivity index (χ1) is 10.7. The van der Waals surface area contributed by atoms with E-state index in [-0.39, 0.29) is 0 Å². The van der Waals surface area contributed by atoms with Gasteiger partial charge < -0.3 is 14.8 Å². The van der Waals surface area contributed by atoms with Crippen LogP contribution in [0.3, 0.4) is 0 Å². The number of carbonyl (C=O) groups is 1. The van der Waals surface area contributed by atoms with Gasteiger partial charge in [-0.15, -0.1) is 0 Å². The molecule has 1 unspecified atom stereocenters. The molecule has 23 heavy (non-hydrogen) atoms. The summed E-state index contributed by atoms with van der Waals surface area (Å²) in [6.45, 7) is 11.3. The minimum atomic E-state index is -0.499. The summed E-state index contributed by atoms with van der Waals surface area (Å²) in [6, 6.07) is 8.05. The standard InChI is InChI=1S/C18H30N2O3/c1-13(2)16(12-22-6)19-11-14-7-9-15(10-8-14)20-17(21)23-18(3,4)5/h7-10,13,16,19H,11-12H2,1-6H3,(H,20,21). The summed E-state index contributed by atoms with van der Waals surface area (Å²) in [5.74, 6) is 0.503. The van der Waals surface area contributed by atoms with E-state index < -0.39 is 11.7 Å². The SMILES string of the molecule is COCC(NCc1ccc(NC(=O)OC(C)(C)C)cc1)C(C)C. The highest BCUT2D eigenvalue weighted by Gasteiger charge is 2.16. The first kappa shape index (κ1) is 19.5. The van der Waals surface area contributed by atoms with Crippen molar-refractivity contribution in [1.82, 2.24) is 5.32 Å². The Labute approximate surface area is 139 Å². The molecular formula is C18H30N2O3. The van der Waals surface area contributed by atoms with E-state index >= 15 is 0 Å². The highest BCUT2D eigenvalue weighted by atomic mass is 16.6. The third-order valence-electron chi connectivity index (χ3n) is 3.32. The third-order valence-corrected chi connectivity index (χ3v) is 3.32. The van der Waals surface area contributed by atoms with Crippen molar-refractivity contribution in [2.75, 3.05) is 19.0 Å². The van der Waals surface area contributed by atoms with Gasteiger partial charge in [0, 0.05) is 25.4 Å². The van der Waals surface area contributed by atoms with Crippen LogP contribution >= 0.6 is 0 Å². The molecule has 130 valence electrons. The summed E-state index contributed by atoms with van der Waals surface area (Å²) < 4.78 is 10.5. The van der Waals surface area contributed by atoms with Gasteiger partial charge in [0.05, 0.1) is 6.61 Å². The molecule has 0 saturated carbocycles. The molecule has 2 N–H and O–H groups in total. The number of nitrogens with one attached hydrogen (secondary N) is 2. The molecule has 0 aliphatic carbocycles. The molecule has 0 spiro atoms. The van der Waals surface area contributed by atoms with Gasteiger partial charge in [0.2, 0.25) is 0 Å². The first-order valence-electron chi connectivity index (χ1n) is 8.02. The van der Waals surface area contributed by atoms with E-state index in [2.05, 4.69) is 24.5 Å². The van der Waals surface area contributed by atoms with Crippen LogP contribution in [-0.2, 0) is 16.0 Å². The third kappa shape index (κ3) is 8.00. The summed E-state index contributed by atoms with van der Waals surface area (Å²) in [6.07, 6.45) is -0.441. The number of carbonyl (C=O) groups excluding carboxylic acids is 1.